The molecule has 1 atom stereocenters. The van der Waals surface area contributed by atoms with E-state index < -0.39 is 10.0 Å². The van der Waals surface area contributed by atoms with E-state index in [4.69, 9.17) is 0 Å². The lowest BCUT2D eigenvalue weighted by Crippen LogP contribution is -2.49. The molecule has 0 saturated carbocycles. The number of benzene rings is 2. The van der Waals surface area contributed by atoms with Crippen LogP contribution in [0.5, 0.6) is 0 Å². The number of hydrogen-bond donors (Lipinski definition) is 3. The van der Waals surface area contributed by atoms with Crippen molar-refractivity contribution in [1.29, 1.82) is 0 Å². The maximum absolute atomic E-state index is 12.6. The van der Waals surface area contributed by atoms with Crippen molar-refractivity contribution < 1.29 is 13.2 Å². The second-order valence-corrected chi connectivity index (χ2v) is 9.85. The van der Waals surface area contributed by atoms with Crippen molar-refractivity contribution >= 4 is 26.7 Å². The zero-order valence-electron chi connectivity index (χ0n) is 18.4. The Kier molecular flexibility index (Phi) is 7.66. The number of piperazine rings is 1. The predicted octanol–water partition coefficient (Wildman–Crippen LogP) is 1.67. The minimum absolute atomic E-state index is 0.0617. The number of sulfonamides is 1. The van der Waals surface area contributed by atoms with Gasteiger partial charge in [-0.2, -0.15) is 0 Å². The molecule has 33 heavy (non-hydrogen) atoms. The molecule has 0 aliphatic carbocycles. The van der Waals surface area contributed by atoms with Gasteiger partial charge in [0.15, 0.2) is 0 Å². The number of nitrogens with one attached hydrogen (secondary N) is 3. The van der Waals surface area contributed by atoms with E-state index in [0.717, 1.165) is 36.0 Å². The van der Waals surface area contributed by atoms with Crippen LogP contribution in [0.4, 0.5) is 0 Å². The lowest BCUT2D eigenvalue weighted by atomic mass is 10.0. The molecule has 2 heterocycles. The minimum Gasteiger partial charge on any atom is -0.355 e. The van der Waals surface area contributed by atoms with E-state index in [-0.39, 0.29) is 23.4 Å². The van der Waals surface area contributed by atoms with Gasteiger partial charge in [-0.05, 0) is 47.0 Å². The molecule has 8 nitrogen and oxygen atoms in total. The highest BCUT2D eigenvalue weighted by Crippen LogP contribution is 2.21. The van der Waals surface area contributed by atoms with Crippen LogP contribution in [0, 0.1) is 0 Å². The molecule has 1 unspecified atom stereocenters. The molecule has 3 aromatic rings. The van der Waals surface area contributed by atoms with E-state index in [1.165, 1.54) is 0 Å². The molecule has 9 heteroatoms. The first-order valence-corrected chi connectivity index (χ1v) is 12.6. The predicted molar refractivity (Wildman–Crippen MR) is 128 cm³/mol. The maximum atomic E-state index is 12.6. The van der Waals surface area contributed by atoms with E-state index in [1.807, 2.05) is 36.4 Å². The molecule has 0 spiro atoms. The highest BCUT2D eigenvalue weighted by atomic mass is 32.2. The van der Waals surface area contributed by atoms with Crippen molar-refractivity contribution in [3.05, 3.63) is 72.6 Å². The number of carbonyl (C=O) groups excluding carboxylic acids is 1. The summed E-state index contributed by atoms with van der Waals surface area (Å²) >= 11 is 0. The number of carbonyl (C=O) groups is 1. The average Bonchev–Trinajstić information content (AvgIpc) is 2.84. The van der Waals surface area contributed by atoms with Gasteiger partial charge in [-0.3, -0.25) is 14.7 Å². The van der Waals surface area contributed by atoms with Gasteiger partial charge in [-0.25, -0.2) is 13.1 Å². The second kappa shape index (κ2) is 10.8. The number of fused-ring (bicyclic) bond motifs is 1. The van der Waals surface area contributed by atoms with Crippen LogP contribution in [0.2, 0.25) is 0 Å². The van der Waals surface area contributed by atoms with Crippen molar-refractivity contribution in [1.82, 2.24) is 25.2 Å². The first-order chi connectivity index (χ1) is 16.0. The van der Waals surface area contributed by atoms with Crippen molar-refractivity contribution in [2.45, 2.75) is 17.4 Å². The molecule has 0 bridgehead atoms. The van der Waals surface area contributed by atoms with E-state index in [0.29, 0.717) is 19.5 Å². The lowest BCUT2D eigenvalue weighted by molar-refractivity contribution is -0.123. The SMILES string of the molecule is O=C(CN1CCNCC1c1ccncc1)NCCCNS(=O)(=O)c1ccc2ccccc2c1. The Morgan fingerprint density at radius 2 is 1.85 bits per heavy atom. The molecule has 1 saturated heterocycles. The third-order valence-corrected chi connectivity index (χ3v) is 7.25. The number of aromatic nitrogens is 1. The molecule has 1 aliphatic heterocycles. The summed E-state index contributed by atoms with van der Waals surface area (Å²) in [6.45, 7) is 3.37. The van der Waals surface area contributed by atoms with Gasteiger partial charge in [-0.15, -0.1) is 0 Å². The molecule has 2 aromatic carbocycles. The zero-order valence-corrected chi connectivity index (χ0v) is 19.2. The van der Waals surface area contributed by atoms with E-state index in [1.54, 1.807) is 30.6 Å². The first kappa shape index (κ1) is 23.3. The summed E-state index contributed by atoms with van der Waals surface area (Å²) in [6, 6.07) is 16.8. The Morgan fingerprint density at radius 3 is 2.67 bits per heavy atom. The lowest BCUT2D eigenvalue weighted by Gasteiger charge is -2.35. The first-order valence-electron chi connectivity index (χ1n) is 11.1. The average molecular weight is 468 g/mol. The quantitative estimate of drug-likeness (QED) is 0.414. The molecule has 1 aromatic heterocycles. The molecule has 1 aliphatic rings. The highest BCUT2D eigenvalue weighted by Gasteiger charge is 2.25. The Labute approximate surface area is 194 Å². The van der Waals surface area contributed by atoms with Crippen LogP contribution in [-0.2, 0) is 14.8 Å². The molecular formula is C24H29N5O3S. The molecular weight excluding hydrogens is 438 g/mol. The number of nitrogens with zero attached hydrogens (tertiary/aromatic N) is 2. The summed E-state index contributed by atoms with van der Waals surface area (Å²) in [5, 5.41) is 8.15. The summed E-state index contributed by atoms with van der Waals surface area (Å²) in [5.41, 5.74) is 1.13. The fourth-order valence-corrected chi connectivity index (χ4v) is 5.14. The van der Waals surface area contributed by atoms with Crippen molar-refractivity contribution in [2.24, 2.45) is 0 Å². The second-order valence-electron chi connectivity index (χ2n) is 8.08. The highest BCUT2D eigenvalue weighted by molar-refractivity contribution is 7.89. The number of amides is 1. The van der Waals surface area contributed by atoms with Crippen LogP contribution in [0.15, 0.2) is 71.9 Å². The van der Waals surface area contributed by atoms with Gasteiger partial charge in [-0.1, -0.05) is 30.3 Å². The summed E-state index contributed by atoms with van der Waals surface area (Å²) < 4.78 is 27.8. The van der Waals surface area contributed by atoms with Gasteiger partial charge in [0.25, 0.3) is 0 Å². The Hall–Kier alpha value is -2.85. The van der Waals surface area contributed by atoms with Crippen molar-refractivity contribution in [2.75, 3.05) is 39.3 Å². The molecule has 0 radical (unpaired) electrons. The fraction of sp³-hybridized carbons (Fsp3) is 0.333. The number of rotatable bonds is 9. The molecule has 1 fully saturated rings. The minimum atomic E-state index is -3.60. The standard InChI is InChI=1S/C24H29N5O3S/c30-24(18-29-15-14-26-17-23(29)20-8-12-25-13-9-20)27-10-3-11-28-33(31,32)22-7-6-19-4-1-2-5-21(19)16-22/h1-2,4-9,12-13,16,23,26,28H,3,10-11,14-15,17-18H2,(H,27,30). The largest absolute Gasteiger partial charge is 0.355 e. The van der Waals surface area contributed by atoms with Gasteiger partial charge in [0.2, 0.25) is 15.9 Å². The number of hydrogen-bond acceptors (Lipinski definition) is 6. The third kappa shape index (κ3) is 6.14. The van der Waals surface area contributed by atoms with Gasteiger partial charge in [0, 0.05) is 51.2 Å². The third-order valence-electron chi connectivity index (χ3n) is 5.79. The van der Waals surface area contributed by atoms with Crippen LogP contribution in [-0.4, -0.2) is 63.5 Å². The van der Waals surface area contributed by atoms with Crippen LogP contribution in [0.3, 0.4) is 0 Å². The molecule has 3 N–H and O–H groups in total. The smallest absolute Gasteiger partial charge is 0.240 e. The zero-order chi connectivity index (χ0) is 23.1. The molecule has 1 amide bonds. The van der Waals surface area contributed by atoms with Gasteiger partial charge in [0.05, 0.1) is 11.4 Å². The number of pyridine rings is 1. The van der Waals surface area contributed by atoms with Crippen molar-refractivity contribution in [3.8, 4) is 0 Å². The Balaban J connectivity index is 1.22. The van der Waals surface area contributed by atoms with Gasteiger partial charge in [0.1, 0.15) is 0 Å². The van der Waals surface area contributed by atoms with E-state index in [9.17, 15) is 13.2 Å². The van der Waals surface area contributed by atoms with Crippen molar-refractivity contribution in [3.63, 3.8) is 0 Å². The summed E-state index contributed by atoms with van der Waals surface area (Å²) in [7, 11) is -3.60. The monoisotopic (exact) mass is 467 g/mol. The summed E-state index contributed by atoms with van der Waals surface area (Å²) in [4.78, 5) is 18.9. The van der Waals surface area contributed by atoms with Gasteiger partial charge < -0.3 is 10.6 Å². The summed E-state index contributed by atoms with van der Waals surface area (Å²) in [5.74, 6) is -0.0617. The normalized spacial score (nSPS) is 17.2. The topological polar surface area (TPSA) is 103 Å². The van der Waals surface area contributed by atoms with E-state index in [2.05, 4.69) is 25.2 Å². The molecule has 4 rings (SSSR count). The van der Waals surface area contributed by atoms with E-state index >= 15 is 0 Å². The summed E-state index contributed by atoms with van der Waals surface area (Å²) in [6.07, 6.45) is 4.04. The van der Waals surface area contributed by atoms with Gasteiger partial charge >= 0.3 is 0 Å². The van der Waals surface area contributed by atoms with Crippen LogP contribution < -0.4 is 15.4 Å². The fourth-order valence-electron chi connectivity index (χ4n) is 4.03. The van der Waals surface area contributed by atoms with Crippen LogP contribution in [0.25, 0.3) is 10.8 Å². The molecule has 174 valence electrons. The Morgan fingerprint density at radius 1 is 1.06 bits per heavy atom. The Bertz CT molecular complexity index is 1190. The van der Waals surface area contributed by atoms with Crippen LogP contribution in [0.1, 0.15) is 18.0 Å². The maximum Gasteiger partial charge on any atom is 0.240 e. The van der Waals surface area contributed by atoms with Crippen LogP contribution >= 0.6 is 0 Å².